The van der Waals surface area contributed by atoms with Crippen molar-refractivity contribution in [3.8, 4) is 0 Å². The minimum atomic E-state index is -1.04. The number of fused-ring (bicyclic) bond motifs is 1. The fourth-order valence-electron chi connectivity index (χ4n) is 6.77. The minimum Gasteiger partial charge on any atom is -0.346 e. The maximum atomic E-state index is 14.2. The molecule has 3 rings (SSSR count). The number of hydrogen-bond donors (Lipinski definition) is 3. The lowest BCUT2D eigenvalue weighted by Crippen LogP contribution is -2.59. The highest BCUT2D eigenvalue weighted by atomic mass is 16.2. The molecule has 9 heteroatoms. The van der Waals surface area contributed by atoms with Crippen LogP contribution in [0.2, 0.25) is 0 Å². The highest BCUT2D eigenvalue weighted by molar-refractivity contribution is 6.38. The summed E-state index contributed by atoms with van der Waals surface area (Å²) in [5.41, 5.74) is -0.354. The van der Waals surface area contributed by atoms with Gasteiger partial charge in [0.1, 0.15) is 12.1 Å². The van der Waals surface area contributed by atoms with E-state index in [1.807, 2.05) is 20.8 Å². The van der Waals surface area contributed by atoms with Gasteiger partial charge in [0.05, 0.1) is 6.04 Å². The van der Waals surface area contributed by atoms with Crippen molar-refractivity contribution in [1.29, 1.82) is 0 Å². The van der Waals surface area contributed by atoms with Crippen molar-refractivity contribution in [1.82, 2.24) is 20.9 Å². The van der Waals surface area contributed by atoms with E-state index in [0.717, 1.165) is 32.1 Å². The summed E-state index contributed by atoms with van der Waals surface area (Å²) >= 11 is 0. The maximum absolute atomic E-state index is 14.2. The molecule has 1 saturated heterocycles. The van der Waals surface area contributed by atoms with Gasteiger partial charge in [0.25, 0.3) is 5.91 Å². The first-order valence-electron chi connectivity index (χ1n) is 15.2. The second kappa shape index (κ2) is 13.3. The van der Waals surface area contributed by atoms with Crippen molar-refractivity contribution in [2.45, 2.75) is 104 Å². The van der Waals surface area contributed by atoms with E-state index >= 15 is 0 Å². The van der Waals surface area contributed by atoms with E-state index in [0.29, 0.717) is 19.4 Å². The molecule has 0 bridgehead atoms. The topological polar surface area (TPSA) is 125 Å². The predicted octanol–water partition coefficient (Wildman–Crippen LogP) is 3.29. The molecule has 0 aromatic rings. The minimum absolute atomic E-state index is 0.0179. The van der Waals surface area contributed by atoms with Crippen LogP contribution in [0, 0.1) is 28.6 Å². The summed E-state index contributed by atoms with van der Waals surface area (Å²) in [6.45, 7) is 18.0. The van der Waals surface area contributed by atoms with Gasteiger partial charge in [-0.3, -0.25) is 24.0 Å². The van der Waals surface area contributed by atoms with Crippen LogP contribution in [0.4, 0.5) is 0 Å². The number of likely N-dealkylation sites (tertiary alicyclic amines) is 1. The van der Waals surface area contributed by atoms with E-state index in [-0.39, 0.29) is 53.4 Å². The number of carbonyl (C=O) groups excluding carboxylic acids is 5. The third-order valence-electron chi connectivity index (χ3n) is 9.08. The number of nitrogens with one attached hydrogen (secondary N) is 3. The zero-order chi connectivity index (χ0) is 30.5. The Labute approximate surface area is 245 Å². The van der Waals surface area contributed by atoms with Crippen LogP contribution in [0.1, 0.15) is 86.0 Å². The van der Waals surface area contributed by atoms with Crippen LogP contribution in [0.3, 0.4) is 0 Å². The van der Waals surface area contributed by atoms with Crippen molar-refractivity contribution in [2.24, 2.45) is 28.6 Å². The van der Waals surface area contributed by atoms with Gasteiger partial charge < -0.3 is 20.9 Å². The summed E-state index contributed by atoms with van der Waals surface area (Å²) in [7, 11) is 0. The van der Waals surface area contributed by atoms with Gasteiger partial charge in [0.2, 0.25) is 23.5 Å². The summed E-state index contributed by atoms with van der Waals surface area (Å²) in [4.78, 5) is 68.2. The Morgan fingerprint density at radius 3 is 2.24 bits per heavy atom. The molecule has 2 saturated carbocycles. The molecular formula is C32H50N4O5. The molecule has 0 radical (unpaired) electrons. The van der Waals surface area contributed by atoms with Crippen molar-refractivity contribution < 1.29 is 24.0 Å². The van der Waals surface area contributed by atoms with E-state index in [1.54, 1.807) is 11.0 Å². The van der Waals surface area contributed by atoms with Crippen LogP contribution >= 0.6 is 0 Å². The normalized spacial score (nSPS) is 24.8. The second-order valence-corrected chi connectivity index (χ2v) is 13.9. The zero-order valence-electron chi connectivity index (χ0n) is 25.6. The summed E-state index contributed by atoms with van der Waals surface area (Å²) < 4.78 is 0. The van der Waals surface area contributed by atoms with Crippen LogP contribution < -0.4 is 16.0 Å². The summed E-state index contributed by atoms with van der Waals surface area (Å²) in [5, 5.41) is 8.37. The van der Waals surface area contributed by atoms with Gasteiger partial charge in [-0.2, -0.15) is 0 Å². The maximum Gasteiger partial charge on any atom is 0.289 e. The van der Waals surface area contributed by atoms with Gasteiger partial charge in [-0.25, -0.2) is 0 Å². The van der Waals surface area contributed by atoms with Crippen molar-refractivity contribution >= 4 is 29.4 Å². The van der Waals surface area contributed by atoms with E-state index < -0.39 is 35.7 Å². The number of nitrogens with zero attached hydrogens (tertiary/aromatic N) is 1. The van der Waals surface area contributed by atoms with Gasteiger partial charge in [0, 0.05) is 19.5 Å². The first kappa shape index (κ1) is 32.5. The van der Waals surface area contributed by atoms with E-state index in [2.05, 4.69) is 43.0 Å². The molecular weight excluding hydrogens is 520 g/mol. The monoisotopic (exact) mass is 570 g/mol. The lowest BCUT2D eigenvalue weighted by atomic mass is 9.82. The lowest BCUT2D eigenvalue weighted by Gasteiger charge is -2.37. The SMILES string of the molecule is C=CCCC(NC(=O)[C@@H]1[C@H]2[C@@H](CN1C(=O)[C@@H](NC(=O)CC(C)(C)C)C1CCCCC1)C2(C)C)C(=O)C(=O)NCC=C. The lowest BCUT2D eigenvalue weighted by molar-refractivity contribution is -0.146. The second-order valence-electron chi connectivity index (χ2n) is 13.9. The number of hydrogen-bond acceptors (Lipinski definition) is 5. The van der Waals surface area contributed by atoms with Crippen molar-refractivity contribution in [3.63, 3.8) is 0 Å². The Kier molecular flexibility index (Phi) is 10.6. The molecule has 1 aliphatic heterocycles. The standard InChI is InChI=1S/C32H50N4O5/c1-8-10-16-22(27(38)29(40)33-17-9-2)34-28(39)26-24-21(32(24,6)7)19-36(26)30(41)25(20-14-12-11-13-15-20)35-23(37)18-31(3,4)5/h8-9,20-22,24-26H,1-2,10-19H2,3-7H3,(H,33,40)(H,34,39)(H,35,37)/t21-,22?,24-,25+,26+/m1/s1. The van der Waals surface area contributed by atoms with Crippen LogP contribution in [-0.4, -0.2) is 65.5 Å². The first-order valence-corrected chi connectivity index (χ1v) is 15.2. The summed E-state index contributed by atoms with van der Waals surface area (Å²) in [6, 6.07) is -2.50. The Balaban J connectivity index is 1.85. The molecule has 0 aromatic carbocycles. The highest BCUT2D eigenvalue weighted by Gasteiger charge is 2.69. The molecule has 9 nitrogen and oxygen atoms in total. The zero-order valence-corrected chi connectivity index (χ0v) is 25.6. The number of allylic oxidation sites excluding steroid dienone is 1. The average Bonchev–Trinajstić information content (AvgIpc) is 3.23. The van der Waals surface area contributed by atoms with Crippen molar-refractivity contribution in [3.05, 3.63) is 25.3 Å². The fourth-order valence-corrected chi connectivity index (χ4v) is 6.77. The Hall–Kier alpha value is -2.97. The third kappa shape index (κ3) is 7.86. The van der Waals surface area contributed by atoms with Gasteiger partial charge >= 0.3 is 0 Å². The molecule has 228 valence electrons. The van der Waals surface area contributed by atoms with Crippen LogP contribution in [0.5, 0.6) is 0 Å². The molecule has 1 heterocycles. The highest BCUT2D eigenvalue weighted by Crippen LogP contribution is 2.65. The third-order valence-corrected chi connectivity index (χ3v) is 9.08. The van der Waals surface area contributed by atoms with Crippen LogP contribution in [0.25, 0.3) is 0 Å². The molecule has 5 atom stereocenters. The number of carbonyl (C=O) groups is 5. The molecule has 4 amide bonds. The molecule has 0 aromatic heterocycles. The first-order chi connectivity index (χ1) is 19.2. The van der Waals surface area contributed by atoms with Gasteiger partial charge in [-0.15, -0.1) is 13.2 Å². The van der Waals surface area contributed by atoms with E-state index in [4.69, 9.17) is 0 Å². The molecule has 0 spiro atoms. The predicted molar refractivity (Wildman–Crippen MR) is 158 cm³/mol. The quantitative estimate of drug-likeness (QED) is 0.232. The molecule has 3 N–H and O–H groups in total. The number of rotatable bonds is 13. The van der Waals surface area contributed by atoms with E-state index in [1.165, 1.54) is 6.08 Å². The smallest absolute Gasteiger partial charge is 0.289 e. The molecule has 41 heavy (non-hydrogen) atoms. The van der Waals surface area contributed by atoms with Crippen LogP contribution in [0.15, 0.2) is 25.3 Å². The fraction of sp³-hybridized carbons (Fsp3) is 0.719. The van der Waals surface area contributed by atoms with Crippen LogP contribution in [-0.2, 0) is 24.0 Å². The Morgan fingerprint density at radius 1 is 1.00 bits per heavy atom. The summed E-state index contributed by atoms with van der Waals surface area (Å²) in [6.07, 6.45) is 8.90. The number of amides is 4. The molecule has 1 unspecified atom stereocenters. The molecule has 3 fully saturated rings. The van der Waals surface area contributed by atoms with Gasteiger partial charge in [-0.1, -0.05) is 66.0 Å². The Morgan fingerprint density at radius 2 is 1.66 bits per heavy atom. The average molecular weight is 571 g/mol. The van der Waals surface area contributed by atoms with Crippen molar-refractivity contribution in [2.75, 3.05) is 13.1 Å². The molecule has 2 aliphatic carbocycles. The summed E-state index contributed by atoms with van der Waals surface area (Å²) in [5.74, 6) is -2.23. The largest absolute Gasteiger partial charge is 0.346 e. The Bertz CT molecular complexity index is 1040. The number of piperidine rings is 1. The van der Waals surface area contributed by atoms with Gasteiger partial charge in [-0.05, 0) is 54.3 Å². The van der Waals surface area contributed by atoms with Gasteiger partial charge in [0.15, 0.2) is 0 Å². The number of ketones is 1. The number of Topliss-reactive ketones (excluding diaryl/α,β-unsaturated/α-hetero) is 1. The van der Waals surface area contributed by atoms with E-state index in [9.17, 15) is 24.0 Å². The molecule has 3 aliphatic rings.